The molecule has 23 heavy (non-hydrogen) atoms. The predicted octanol–water partition coefficient (Wildman–Crippen LogP) is 3.31. The quantitative estimate of drug-likeness (QED) is 0.874. The number of hydrogen-bond donors (Lipinski definition) is 2. The molecule has 1 unspecified atom stereocenters. The van der Waals surface area contributed by atoms with E-state index in [1.165, 1.54) is 12.1 Å². The Morgan fingerprint density at radius 1 is 1.30 bits per heavy atom. The van der Waals surface area contributed by atoms with E-state index in [1.54, 1.807) is 6.07 Å². The van der Waals surface area contributed by atoms with Crippen LogP contribution in [-0.2, 0) is 0 Å². The first kappa shape index (κ1) is 17.7. The molecule has 4 nitrogen and oxygen atoms in total. The summed E-state index contributed by atoms with van der Waals surface area (Å²) in [5.41, 5.74) is 0.770. The molecule has 0 aliphatic carbocycles. The van der Waals surface area contributed by atoms with E-state index in [9.17, 15) is 9.18 Å². The van der Waals surface area contributed by atoms with E-state index >= 15 is 0 Å². The van der Waals surface area contributed by atoms with Gasteiger partial charge in [-0.2, -0.15) is 0 Å². The minimum Gasteiger partial charge on any atom is -0.335 e. The number of hydrogen-bond acceptors (Lipinski definition) is 2. The van der Waals surface area contributed by atoms with Crippen LogP contribution in [-0.4, -0.2) is 36.6 Å². The molecule has 0 saturated carbocycles. The Morgan fingerprint density at radius 3 is 2.61 bits per heavy atom. The molecule has 1 heterocycles. The van der Waals surface area contributed by atoms with Gasteiger partial charge in [0.05, 0.1) is 6.04 Å². The molecule has 0 radical (unpaired) electrons. The van der Waals surface area contributed by atoms with Crippen LogP contribution in [0.15, 0.2) is 24.3 Å². The zero-order chi connectivity index (χ0) is 16.8. The van der Waals surface area contributed by atoms with Gasteiger partial charge in [0, 0.05) is 25.7 Å². The van der Waals surface area contributed by atoms with Crippen LogP contribution in [0.25, 0.3) is 0 Å². The Bertz CT molecular complexity index is 513. The molecule has 1 saturated heterocycles. The topological polar surface area (TPSA) is 44.4 Å². The Morgan fingerprint density at radius 2 is 2.00 bits per heavy atom. The van der Waals surface area contributed by atoms with Gasteiger partial charge in [-0.25, -0.2) is 9.18 Å². The Hall–Kier alpha value is -1.62. The summed E-state index contributed by atoms with van der Waals surface area (Å²) in [7, 11) is 0. The fraction of sp³-hybridized carbons (Fsp3) is 0.611. The lowest BCUT2D eigenvalue weighted by Gasteiger charge is -2.33. The third-order valence-corrected chi connectivity index (χ3v) is 4.24. The van der Waals surface area contributed by atoms with Crippen LogP contribution in [0, 0.1) is 11.7 Å². The number of carbonyl (C=O) groups excluding carboxylic acids is 1. The van der Waals surface area contributed by atoms with Gasteiger partial charge >= 0.3 is 6.03 Å². The number of urea groups is 1. The summed E-state index contributed by atoms with van der Waals surface area (Å²) in [5, 5.41) is 5.92. The molecule has 1 atom stereocenters. The van der Waals surface area contributed by atoms with Gasteiger partial charge in [0.2, 0.25) is 0 Å². The van der Waals surface area contributed by atoms with Gasteiger partial charge in [0.15, 0.2) is 0 Å². The highest BCUT2D eigenvalue weighted by Crippen LogP contribution is 2.14. The lowest BCUT2D eigenvalue weighted by Crippen LogP contribution is -2.48. The van der Waals surface area contributed by atoms with Crippen LogP contribution < -0.4 is 10.6 Å². The van der Waals surface area contributed by atoms with Crippen LogP contribution >= 0.6 is 0 Å². The highest BCUT2D eigenvalue weighted by molar-refractivity contribution is 5.74. The monoisotopic (exact) mass is 321 g/mol. The molecule has 5 heteroatoms. The van der Waals surface area contributed by atoms with E-state index in [2.05, 4.69) is 29.4 Å². The summed E-state index contributed by atoms with van der Waals surface area (Å²) in [6.07, 6.45) is 1.96. The zero-order valence-corrected chi connectivity index (χ0v) is 14.3. The molecule has 1 fully saturated rings. The van der Waals surface area contributed by atoms with Gasteiger partial charge in [-0.15, -0.1) is 0 Å². The van der Waals surface area contributed by atoms with Crippen LogP contribution in [0.5, 0.6) is 0 Å². The number of carbonyl (C=O) groups is 1. The number of likely N-dealkylation sites (tertiary alicyclic amines) is 1. The van der Waals surface area contributed by atoms with Crippen LogP contribution in [0.2, 0.25) is 0 Å². The van der Waals surface area contributed by atoms with Crippen LogP contribution in [0.1, 0.15) is 45.2 Å². The Labute approximate surface area is 138 Å². The second-order valence-electron chi connectivity index (χ2n) is 6.86. The first-order chi connectivity index (χ1) is 10.9. The number of nitrogens with one attached hydrogen (secondary N) is 2. The number of benzene rings is 1. The third-order valence-electron chi connectivity index (χ3n) is 4.24. The zero-order valence-electron chi connectivity index (χ0n) is 14.3. The molecule has 0 bridgehead atoms. The fourth-order valence-electron chi connectivity index (χ4n) is 3.06. The maximum Gasteiger partial charge on any atom is 0.315 e. The molecule has 1 aliphatic rings. The molecule has 0 spiro atoms. The van der Waals surface area contributed by atoms with Crippen molar-refractivity contribution in [1.82, 2.24) is 15.5 Å². The summed E-state index contributed by atoms with van der Waals surface area (Å²) in [6.45, 7) is 9.50. The SMILES string of the molecule is CC(C)CN1CCC(NC(=O)NC(C)c2cccc(F)c2)CC1. The average Bonchev–Trinajstić information content (AvgIpc) is 2.48. The van der Waals surface area contributed by atoms with E-state index in [-0.39, 0.29) is 23.9 Å². The smallest absolute Gasteiger partial charge is 0.315 e. The van der Waals surface area contributed by atoms with Gasteiger partial charge in [-0.3, -0.25) is 0 Å². The average molecular weight is 321 g/mol. The third kappa shape index (κ3) is 5.82. The summed E-state index contributed by atoms with van der Waals surface area (Å²) in [5.74, 6) is 0.393. The normalized spacial score (nSPS) is 18.0. The Balaban J connectivity index is 1.75. The maximum absolute atomic E-state index is 13.2. The number of halogens is 1. The van der Waals surface area contributed by atoms with Crippen molar-refractivity contribution in [1.29, 1.82) is 0 Å². The summed E-state index contributed by atoms with van der Waals surface area (Å²) >= 11 is 0. The predicted molar refractivity (Wildman–Crippen MR) is 90.8 cm³/mol. The van der Waals surface area contributed by atoms with Crippen molar-refractivity contribution in [2.45, 2.75) is 45.7 Å². The van der Waals surface area contributed by atoms with Gasteiger partial charge in [0.1, 0.15) is 5.82 Å². The lowest BCUT2D eigenvalue weighted by atomic mass is 10.0. The van der Waals surface area contributed by atoms with Crippen molar-refractivity contribution in [3.8, 4) is 0 Å². The number of nitrogens with zero attached hydrogens (tertiary/aromatic N) is 1. The number of piperidine rings is 1. The summed E-state index contributed by atoms with van der Waals surface area (Å²) < 4.78 is 13.2. The lowest BCUT2D eigenvalue weighted by molar-refractivity contribution is 0.177. The van der Waals surface area contributed by atoms with Crippen molar-refractivity contribution < 1.29 is 9.18 Å². The van der Waals surface area contributed by atoms with Crippen molar-refractivity contribution in [2.24, 2.45) is 5.92 Å². The standard InChI is InChI=1S/C18H28FN3O/c1-13(2)12-22-9-7-17(8-10-22)21-18(23)20-14(3)15-5-4-6-16(19)11-15/h4-6,11,13-14,17H,7-10,12H2,1-3H3,(H2,20,21,23). The van der Waals surface area contributed by atoms with E-state index in [4.69, 9.17) is 0 Å². The summed E-state index contributed by atoms with van der Waals surface area (Å²) in [4.78, 5) is 14.6. The van der Waals surface area contributed by atoms with Crippen LogP contribution in [0.3, 0.4) is 0 Å². The van der Waals surface area contributed by atoms with Gasteiger partial charge in [-0.05, 0) is 43.4 Å². The van der Waals surface area contributed by atoms with E-state index < -0.39 is 0 Å². The number of amides is 2. The molecule has 1 aromatic carbocycles. The molecule has 2 amide bonds. The first-order valence-electron chi connectivity index (χ1n) is 8.49. The molecule has 2 rings (SSSR count). The second-order valence-corrected chi connectivity index (χ2v) is 6.86. The number of rotatable bonds is 5. The van der Waals surface area contributed by atoms with Gasteiger partial charge < -0.3 is 15.5 Å². The molecular formula is C18H28FN3O. The van der Waals surface area contributed by atoms with Crippen molar-refractivity contribution in [3.05, 3.63) is 35.6 Å². The maximum atomic E-state index is 13.2. The molecule has 0 aromatic heterocycles. The molecule has 1 aliphatic heterocycles. The fourth-order valence-corrected chi connectivity index (χ4v) is 3.06. The largest absolute Gasteiger partial charge is 0.335 e. The molecule has 2 N–H and O–H groups in total. The summed E-state index contributed by atoms with van der Waals surface area (Å²) in [6, 6.07) is 6.16. The van der Waals surface area contributed by atoms with Crippen molar-refractivity contribution in [3.63, 3.8) is 0 Å². The highest BCUT2D eigenvalue weighted by Gasteiger charge is 2.21. The molecule has 128 valence electrons. The van der Waals surface area contributed by atoms with E-state index in [0.29, 0.717) is 5.92 Å². The van der Waals surface area contributed by atoms with Crippen molar-refractivity contribution in [2.75, 3.05) is 19.6 Å². The van der Waals surface area contributed by atoms with Crippen LogP contribution in [0.4, 0.5) is 9.18 Å². The van der Waals surface area contributed by atoms with Gasteiger partial charge in [0.25, 0.3) is 0 Å². The Kier molecular flexibility index (Phi) is 6.39. The van der Waals surface area contributed by atoms with Crippen molar-refractivity contribution >= 4 is 6.03 Å². The minimum absolute atomic E-state index is 0.177. The second kappa shape index (κ2) is 8.29. The molecule has 1 aromatic rings. The molecular weight excluding hydrogens is 293 g/mol. The highest BCUT2D eigenvalue weighted by atomic mass is 19.1. The first-order valence-corrected chi connectivity index (χ1v) is 8.49. The van der Waals surface area contributed by atoms with E-state index in [0.717, 1.165) is 38.0 Å². The van der Waals surface area contributed by atoms with Gasteiger partial charge in [-0.1, -0.05) is 26.0 Å². The van der Waals surface area contributed by atoms with E-state index in [1.807, 2.05) is 13.0 Å². The minimum atomic E-state index is -0.283.